The first-order valence-corrected chi connectivity index (χ1v) is 13.4. The van der Waals surface area contributed by atoms with E-state index in [1.54, 1.807) is 11.3 Å². The highest BCUT2D eigenvalue weighted by Gasteiger charge is 2.44. The molecule has 6 rings (SSSR count). The van der Waals surface area contributed by atoms with Crippen LogP contribution in [0.1, 0.15) is 60.7 Å². The van der Waals surface area contributed by atoms with Gasteiger partial charge in [0.2, 0.25) is 0 Å². The normalized spacial score (nSPS) is 22.5. The van der Waals surface area contributed by atoms with Crippen LogP contribution < -0.4 is 0 Å². The second-order valence-corrected chi connectivity index (χ2v) is 10.7. The fraction of sp³-hybridized carbons (Fsp3) is 0.370. The number of nitrogens with zero attached hydrogens (tertiary/aromatic N) is 4. The van der Waals surface area contributed by atoms with Gasteiger partial charge in [0.25, 0.3) is 0 Å². The van der Waals surface area contributed by atoms with E-state index in [-0.39, 0.29) is 24.1 Å². The summed E-state index contributed by atoms with van der Waals surface area (Å²) in [5.41, 5.74) is 4.47. The number of rotatable bonds is 5. The predicted molar refractivity (Wildman–Crippen MR) is 138 cm³/mol. The van der Waals surface area contributed by atoms with Gasteiger partial charge in [-0.3, -0.25) is 0 Å². The molecule has 0 N–H and O–H groups in total. The van der Waals surface area contributed by atoms with Gasteiger partial charge in [0.05, 0.1) is 29.9 Å². The van der Waals surface area contributed by atoms with Crippen LogP contribution in [0.25, 0.3) is 11.0 Å². The molecule has 2 aromatic heterocycles. The summed E-state index contributed by atoms with van der Waals surface area (Å²) >= 11 is 7.84. The molecule has 2 aliphatic heterocycles. The molecule has 0 radical (unpaired) electrons. The van der Waals surface area contributed by atoms with Crippen molar-refractivity contribution in [2.24, 2.45) is 0 Å². The van der Waals surface area contributed by atoms with Crippen LogP contribution >= 0.6 is 22.9 Å². The van der Waals surface area contributed by atoms with Crippen molar-refractivity contribution < 1.29 is 9.53 Å². The largest absolute Gasteiger partial charge is 0.450 e. The van der Waals surface area contributed by atoms with E-state index in [1.807, 2.05) is 41.9 Å². The Hall–Kier alpha value is -2.90. The quantitative estimate of drug-likeness (QED) is 0.304. The van der Waals surface area contributed by atoms with Crippen molar-refractivity contribution in [2.45, 2.75) is 56.7 Å². The van der Waals surface area contributed by atoms with Gasteiger partial charge in [0, 0.05) is 34.7 Å². The summed E-state index contributed by atoms with van der Waals surface area (Å²) in [7, 11) is 0. The minimum atomic E-state index is -0.162. The van der Waals surface area contributed by atoms with Gasteiger partial charge >= 0.3 is 6.09 Å². The van der Waals surface area contributed by atoms with Crippen LogP contribution in [-0.4, -0.2) is 44.2 Å². The molecule has 180 valence electrons. The first-order chi connectivity index (χ1) is 17.1. The van der Waals surface area contributed by atoms with Gasteiger partial charge < -0.3 is 14.2 Å². The number of imidazole rings is 1. The van der Waals surface area contributed by atoms with E-state index in [4.69, 9.17) is 21.3 Å². The molecule has 2 saturated heterocycles. The second kappa shape index (κ2) is 9.28. The number of halogens is 1. The SMILES string of the molecule is CCOC(=O)N1C2CCC1CC(n1cnc3ccc(C(c4ccc(Cl)cc4)c4nccs4)cc31)C2. The van der Waals surface area contributed by atoms with Crippen molar-refractivity contribution in [1.82, 2.24) is 19.4 Å². The number of carbonyl (C=O) groups excluding carboxylic acids is 1. The minimum Gasteiger partial charge on any atom is -0.450 e. The molecule has 4 heterocycles. The Bertz CT molecular complexity index is 1320. The predicted octanol–water partition coefficient (Wildman–Crippen LogP) is 6.65. The molecule has 2 bridgehead atoms. The van der Waals surface area contributed by atoms with E-state index in [0.717, 1.165) is 52.3 Å². The Kier molecular flexibility index (Phi) is 5.98. The molecule has 1 amide bonds. The molecule has 3 unspecified atom stereocenters. The molecule has 3 atom stereocenters. The Morgan fingerprint density at radius 2 is 1.83 bits per heavy atom. The van der Waals surface area contributed by atoms with Crippen LogP contribution in [0.4, 0.5) is 4.79 Å². The average molecular weight is 507 g/mol. The van der Waals surface area contributed by atoms with Gasteiger partial charge in [-0.15, -0.1) is 11.3 Å². The lowest BCUT2D eigenvalue weighted by atomic mass is 9.91. The molecule has 2 aromatic carbocycles. The second-order valence-electron chi connectivity index (χ2n) is 9.37. The molecule has 8 heteroatoms. The Balaban J connectivity index is 1.35. The maximum atomic E-state index is 12.5. The number of hydrogen-bond acceptors (Lipinski definition) is 5. The summed E-state index contributed by atoms with van der Waals surface area (Å²) in [6.45, 7) is 2.28. The van der Waals surface area contributed by atoms with Crippen molar-refractivity contribution in [2.75, 3.05) is 6.61 Å². The first-order valence-electron chi connectivity index (χ1n) is 12.2. The van der Waals surface area contributed by atoms with Gasteiger partial charge in [0.15, 0.2) is 0 Å². The minimum absolute atomic E-state index is 0.0295. The molecule has 2 fully saturated rings. The van der Waals surface area contributed by atoms with Gasteiger partial charge in [-0.2, -0.15) is 0 Å². The standard InChI is InChI=1S/C27H27ClN4O2S/c1-2-34-27(33)32-20-8-9-21(32)15-22(14-20)31-16-30-23-10-5-18(13-24(23)31)25(26-29-11-12-35-26)17-3-6-19(28)7-4-17/h3-7,10-13,16,20-22,25H,2,8-9,14-15H2,1H3. The van der Waals surface area contributed by atoms with Crippen LogP contribution in [0, 0.1) is 0 Å². The van der Waals surface area contributed by atoms with Gasteiger partial charge in [0.1, 0.15) is 5.01 Å². The maximum absolute atomic E-state index is 12.5. The Morgan fingerprint density at radius 3 is 2.51 bits per heavy atom. The number of thiazole rings is 1. The lowest BCUT2D eigenvalue weighted by molar-refractivity contribution is 0.0625. The number of benzene rings is 2. The Morgan fingerprint density at radius 1 is 1.09 bits per heavy atom. The Labute approximate surface area is 213 Å². The van der Waals surface area contributed by atoms with Crippen molar-refractivity contribution in [3.63, 3.8) is 0 Å². The van der Waals surface area contributed by atoms with E-state index in [0.29, 0.717) is 12.6 Å². The molecule has 0 spiro atoms. The highest BCUT2D eigenvalue weighted by Crippen LogP contribution is 2.43. The number of hydrogen-bond donors (Lipinski definition) is 0. The number of amides is 1. The van der Waals surface area contributed by atoms with Crippen LogP contribution in [0.3, 0.4) is 0 Å². The summed E-state index contributed by atoms with van der Waals surface area (Å²) in [6.07, 6.45) is 7.61. The van der Waals surface area contributed by atoms with E-state index >= 15 is 0 Å². The van der Waals surface area contributed by atoms with E-state index in [9.17, 15) is 4.79 Å². The van der Waals surface area contributed by atoms with Gasteiger partial charge in [-0.05, 0) is 68.0 Å². The van der Waals surface area contributed by atoms with Crippen LogP contribution in [0.2, 0.25) is 5.02 Å². The van der Waals surface area contributed by atoms with Crippen LogP contribution in [0.5, 0.6) is 0 Å². The molecule has 0 aliphatic carbocycles. The van der Waals surface area contributed by atoms with Crippen LogP contribution in [-0.2, 0) is 4.74 Å². The number of piperidine rings is 1. The average Bonchev–Trinajstić information content (AvgIpc) is 3.59. The smallest absolute Gasteiger partial charge is 0.410 e. The summed E-state index contributed by atoms with van der Waals surface area (Å²) in [5, 5.41) is 3.80. The van der Waals surface area contributed by atoms with E-state index in [2.05, 4.69) is 39.9 Å². The van der Waals surface area contributed by atoms with Crippen molar-refractivity contribution in [1.29, 1.82) is 0 Å². The number of fused-ring (bicyclic) bond motifs is 3. The molecule has 0 saturated carbocycles. The maximum Gasteiger partial charge on any atom is 0.410 e. The molecular formula is C27H27ClN4O2S. The summed E-state index contributed by atoms with van der Waals surface area (Å²) in [5.74, 6) is 0.0295. The zero-order valence-corrected chi connectivity index (χ0v) is 21.1. The zero-order valence-electron chi connectivity index (χ0n) is 19.5. The van der Waals surface area contributed by atoms with Gasteiger partial charge in [-0.1, -0.05) is 29.8 Å². The third kappa shape index (κ3) is 4.10. The lowest BCUT2D eigenvalue weighted by Gasteiger charge is -2.38. The van der Waals surface area contributed by atoms with Crippen LogP contribution in [0.15, 0.2) is 60.4 Å². The molecular weight excluding hydrogens is 480 g/mol. The molecule has 4 aromatic rings. The zero-order chi connectivity index (χ0) is 23.9. The van der Waals surface area contributed by atoms with Crippen molar-refractivity contribution >= 4 is 40.1 Å². The highest BCUT2D eigenvalue weighted by molar-refractivity contribution is 7.09. The summed E-state index contributed by atoms with van der Waals surface area (Å²) < 4.78 is 7.67. The number of carbonyl (C=O) groups is 1. The van der Waals surface area contributed by atoms with E-state index < -0.39 is 0 Å². The monoisotopic (exact) mass is 506 g/mol. The van der Waals surface area contributed by atoms with Crippen molar-refractivity contribution in [3.8, 4) is 0 Å². The molecule has 35 heavy (non-hydrogen) atoms. The number of ether oxygens (including phenoxy) is 1. The summed E-state index contributed by atoms with van der Waals surface area (Å²) in [4.78, 5) is 23.9. The summed E-state index contributed by atoms with van der Waals surface area (Å²) in [6, 6.07) is 15.4. The van der Waals surface area contributed by atoms with Gasteiger partial charge in [-0.25, -0.2) is 14.8 Å². The first kappa shape index (κ1) is 22.6. The highest BCUT2D eigenvalue weighted by atomic mass is 35.5. The fourth-order valence-electron chi connectivity index (χ4n) is 5.89. The third-order valence-electron chi connectivity index (χ3n) is 7.41. The third-order valence-corrected chi connectivity index (χ3v) is 8.51. The molecule has 2 aliphatic rings. The lowest BCUT2D eigenvalue weighted by Crippen LogP contribution is -2.47. The number of aromatic nitrogens is 3. The topological polar surface area (TPSA) is 60.2 Å². The van der Waals surface area contributed by atoms with Crippen molar-refractivity contribution in [3.05, 3.63) is 81.5 Å². The fourth-order valence-corrected chi connectivity index (χ4v) is 6.81. The van der Waals surface area contributed by atoms with E-state index in [1.165, 1.54) is 5.56 Å². The molecule has 6 nitrogen and oxygen atoms in total.